The van der Waals surface area contributed by atoms with Gasteiger partial charge in [0.25, 0.3) is 0 Å². The second kappa shape index (κ2) is 11.7. The molecule has 0 aliphatic heterocycles. The van der Waals surface area contributed by atoms with E-state index in [2.05, 4.69) is 12.2 Å². The topological polar surface area (TPSA) is 71.4 Å². The molecule has 0 aromatic carbocycles. The average Bonchev–Trinajstić information content (AvgIpc) is 2.80. The van der Waals surface area contributed by atoms with Crippen LogP contribution in [0.3, 0.4) is 0 Å². The Morgan fingerprint density at radius 3 is 1.84 bits per heavy atom. The van der Waals surface area contributed by atoms with E-state index in [1.165, 1.54) is 0 Å². The molecule has 0 saturated heterocycles. The van der Waals surface area contributed by atoms with E-state index in [9.17, 15) is 19.5 Å². The summed E-state index contributed by atoms with van der Waals surface area (Å²) in [7, 11) is 0. The Labute approximate surface area is 231 Å². The zero-order chi connectivity index (χ0) is 29.2. The van der Waals surface area contributed by atoms with Gasteiger partial charge in [-0.15, -0.1) is 0 Å². The van der Waals surface area contributed by atoms with Crippen LogP contribution in [-0.2, 0) is 14.4 Å². The molecule has 2 bridgehead atoms. The predicted octanol–water partition coefficient (Wildman–Crippen LogP) is 8.60. The number of rotatable bonds is 10. The number of hydrogen-bond donors (Lipinski definition) is 1. The summed E-state index contributed by atoms with van der Waals surface area (Å²) in [4.78, 5) is 44.1. The molecule has 1 saturated carbocycles. The fraction of sp³-hybridized carbons (Fsp3) is 0.618. The largest absolute Gasteiger partial charge is 0.511 e. The number of hydrogen-bond acceptors (Lipinski definition) is 4. The summed E-state index contributed by atoms with van der Waals surface area (Å²) in [5, 5.41) is 11.9. The summed E-state index contributed by atoms with van der Waals surface area (Å²) in [5.41, 5.74) is 0.416. The van der Waals surface area contributed by atoms with Crippen LogP contribution in [0.5, 0.6) is 0 Å². The van der Waals surface area contributed by atoms with Crippen LogP contribution >= 0.6 is 0 Å². The van der Waals surface area contributed by atoms with Gasteiger partial charge in [0.15, 0.2) is 22.8 Å². The van der Waals surface area contributed by atoms with Gasteiger partial charge in [0.05, 0.1) is 5.41 Å². The monoisotopic (exact) mass is 522 g/mol. The van der Waals surface area contributed by atoms with E-state index >= 15 is 0 Å². The molecule has 0 radical (unpaired) electrons. The molecule has 0 aromatic rings. The van der Waals surface area contributed by atoms with Crippen LogP contribution in [0.1, 0.15) is 108 Å². The molecular formula is C34H50O4. The Balaban J connectivity index is 3.13. The summed E-state index contributed by atoms with van der Waals surface area (Å²) in [6.45, 7) is 21.5. The maximum absolute atomic E-state index is 14.9. The van der Waals surface area contributed by atoms with Crippen molar-refractivity contribution < 1.29 is 19.5 Å². The van der Waals surface area contributed by atoms with Gasteiger partial charge in [-0.05, 0) is 93.4 Å². The predicted molar refractivity (Wildman–Crippen MR) is 157 cm³/mol. The van der Waals surface area contributed by atoms with Crippen molar-refractivity contribution in [3.05, 3.63) is 57.9 Å². The molecule has 2 aliphatic carbocycles. The second-order valence-corrected chi connectivity index (χ2v) is 13.1. The van der Waals surface area contributed by atoms with E-state index in [0.29, 0.717) is 19.3 Å². The highest BCUT2D eigenvalue weighted by molar-refractivity contribution is 6.33. The Hall–Kier alpha value is -2.49. The Kier molecular flexibility index (Phi) is 9.78. The average molecular weight is 523 g/mol. The van der Waals surface area contributed by atoms with Crippen molar-refractivity contribution >= 4 is 17.3 Å². The first-order valence-corrected chi connectivity index (χ1v) is 14.1. The van der Waals surface area contributed by atoms with Gasteiger partial charge in [0, 0.05) is 16.9 Å². The van der Waals surface area contributed by atoms with Crippen LogP contribution in [-0.4, -0.2) is 22.5 Å². The smallest absolute Gasteiger partial charge is 0.184 e. The van der Waals surface area contributed by atoms with Crippen molar-refractivity contribution in [2.45, 2.75) is 108 Å². The van der Waals surface area contributed by atoms with Crippen LogP contribution in [0.15, 0.2) is 57.9 Å². The van der Waals surface area contributed by atoms with Crippen LogP contribution < -0.4 is 0 Å². The molecule has 0 heterocycles. The van der Waals surface area contributed by atoms with Crippen molar-refractivity contribution in [1.82, 2.24) is 0 Å². The number of fused-ring (bicyclic) bond motifs is 2. The highest BCUT2D eigenvalue weighted by atomic mass is 16.3. The van der Waals surface area contributed by atoms with E-state index in [4.69, 9.17) is 0 Å². The second-order valence-electron chi connectivity index (χ2n) is 13.1. The Morgan fingerprint density at radius 2 is 1.37 bits per heavy atom. The third-order valence-corrected chi connectivity index (χ3v) is 8.69. The van der Waals surface area contributed by atoms with Crippen molar-refractivity contribution in [2.75, 3.05) is 0 Å². The summed E-state index contributed by atoms with van der Waals surface area (Å²) < 4.78 is 0. The van der Waals surface area contributed by atoms with Gasteiger partial charge >= 0.3 is 0 Å². The van der Waals surface area contributed by atoms with E-state index in [1.807, 2.05) is 74.5 Å². The lowest BCUT2D eigenvalue weighted by atomic mass is 9.38. The fourth-order valence-corrected chi connectivity index (χ4v) is 6.39. The standard InChI is InChI=1S/C34H50O4/c1-21(2)12-14-26-20-33(19-17-24(7)8)29(36)27(15-13-22(3)4)30(37)34(31(33)38,28(35)25(9)10)32(26,11)18-16-23(5)6/h12-13,16-17,25-26,36H,14-15,18-20H2,1-11H3/t26-,32?,33-,34?/m0/s1. The highest BCUT2D eigenvalue weighted by Crippen LogP contribution is 2.67. The van der Waals surface area contributed by atoms with Crippen molar-refractivity contribution in [1.29, 1.82) is 0 Å². The Bertz CT molecular complexity index is 1120. The lowest BCUT2D eigenvalue weighted by Crippen LogP contribution is -2.71. The molecule has 38 heavy (non-hydrogen) atoms. The van der Waals surface area contributed by atoms with Crippen molar-refractivity contribution in [3.63, 3.8) is 0 Å². The van der Waals surface area contributed by atoms with E-state index in [0.717, 1.165) is 22.3 Å². The molecule has 4 heteroatoms. The molecule has 1 N–H and O–H groups in total. The zero-order valence-corrected chi connectivity index (χ0v) is 25.7. The molecule has 0 aromatic heterocycles. The molecule has 210 valence electrons. The number of ketones is 3. The van der Waals surface area contributed by atoms with Gasteiger partial charge in [-0.2, -0.15) is 0 Å². The first kappa shape index (κ1) is 31.7. The highest BCUT2D eigenvalue weighted by Gasteiger charge is 2.75. The van der Waals surface area contributed by atoms with Gasteiger partial charge in [0.1, 0.15) is 5.76 Å². The van der Waals surface area contributed by atoms with Gasteiger partial charge in [-0.25, -0.2) is 0 Å². The first-order valence-electron chi connectivity index (χ1n) is 14.1. The molecule has 0 spiro atoms. The number of aliphatic hydroxyl groups is 1. The summed E-state index contributed by atoms with van der Waals surface area (Å²) in [6, 6.07) is 0. The fourth-order valence-electron chi connectivity index (χ4n) is 6.39. The van der Waals surface area contributed by atoms with Crippen LogP contribution in [0.4, 0.5) is 0 Å². The van der Waals surface area contributed by atoms with E-state index < -0.39 is 33.7 Å². The molecular weight excluding hydrogens is 472 g/mol. The normalized spacial score (nSPS) is 28.7. The molecule has 2 rings (SSSR count). The molecule has 1 fully saturated rings. The minimum atomic E-state index is -1.85. The number of Topliss-reactive ketones (excluding diaryl/α,β-unsaturated/α-hetero) is 3. The SMILES string of the molecule is CC(C)=CCC1=C(O)[C@]2(CC=C(C)C)C[C@H](CC=C(C)C)C(C)(CC=C(C)C)C(C(=O)C(C)C)(C1=O)C2=O. The number of aliphatic hydroxyl groups excluding tert-OH is 1. The van der Waals surface area contributed by atoms with Crippen LogP contribution in [0, 0.1) is 28.1 Å². The molecule has 2 unspecified atom stereocenters. The quantitative estimate of drug-likeness (QED) is 0.230. The van der Waals surface area contributed by atoms with Crippen LogP contribution in [0.2, 0.25) is 0 Å². The maximum Gasteiger partial charge on any atom is 0.184 e. The lowest BCUT2D eigenvalue weighted by Gasteiger charge is -2.61. The molecule has 2 aliphatic rings. The first-order chi connectivity index (χ1) is 17.5. The maximum atomic E-state index is 14.9. The summed E-state index contributed by atoms with van der Waals surface area (Å²) in [5.74, 6) is -2.00. The van der Waals surface area contributed by atoms with Gasteiger partial charge in [-0.1, -0.05) is 67.4 Å². The minimum Gasteiger partial charge on any atom is -0.511 e. The van der Waals surface area contributed by atoms with Crippen LogP contribution in [0.25, 0.3) is 0 Å². The zero-order valence-electron chi connectivity index (χ0n) is 25.7. The molecule has 4 atom stereocenters. The van der Waals surface area contributed by atoms with Gasteiger partial charge in [0.2, 0.25) is 0 Å². The summed E-state index contributed by atoms with van der Waals surface area (Å²) >= 11 is 0. The molecule has 4 nitrogen and oxygen atoms in total. The Morgan fingerprint density at radius 1 is 0.868 bits per heavy atom. The van der Waals surface area contributed by atoms with E-state index in [1.54, 1.807) is 13.8 Å². The van der Waals surface area contributed by atoms with Gasteiger partial charge in [-0.3, -0.25) is 14.4 Å². The van der Waals surface area contributed by atoms with E-state index in [-0.39, 0.29) is 35.9 Å². The lowest BCUT2D eigenvalue weighted by molar-refractivity contribution is -0.179. The van der Waals surface area contributed by atoms with Gasteiger partial charge < -0.3 is 5.11 Å². The summed E-state index contributed by atoms with van der Waals surface area (Å²) in [6.07, 6.45) is 10.1. The van der Waals surface area contributed by atoms with Crippen molar-refractivity contribution in [3.8, 4) is 0 Å². The third kappa shape index (κ3) is 5.33. The van der Waals surface area contributed by atoms with Crippen molar-refractivity contribution in [2.24, 2.45) is 28.1 Å². The third-order valence-electron chi connectivity index (χ3n) is 8.69. The number of carbonyl (C=O) groups is 3. The number of carbonyl (C=O) groups excluding carboxylic acids is 3. The number of allylic oxidation sites excluding steroid dienone is 10. The minimum absolute atomic E-state index is 0.124. The molecule has 0 amide bonds.